The van der Waals surface area contributed by atoms with E-state index in [1.807, 2.05) is 0 Å². The molecule has 0 aliphatic carbocycles. The van der Waals surface area contributed by atoms with Gasteiger partial charge < -0.3 is 9.72 Å². The molecule has 10 heteroatoms. The molecule has 0 atom stereocenters. The molecule has 0 amide bonds. The molecule has 0 bridgehead atoms. The van der Waals surface area contributed by atoms with Gasteiger partial charge in [-0.15, -0.1) is 11.8 Å². The maximum absolute atomic E-state index is 13.7. The third kappa shape index (κ3) is 3.85. The van der Waals surface area contributed by atoms with Crippen molar-refractivity contribution in [3.05, 3.63) is 51.6 Å². The van der Waals surface area contributed by atoms with Gasteiger partial charge in [0.25, 0.3) is 0 Å². The Balaban J connectivity index is 2.35. The van der Waals surface area contributed by atoms with Crippen LogP contribution in [-0.4, -0.2) is 29.1 Å². The number of halogens is 5. The highest BCUT2D eigenvalue weighted by Gasteiger charge is 2.29. The molecular weight excluding hydrogens is 393 g/mol. The number of carbonyl (C=O) groups is 2. The first-order valence-electron chi connectivity index (χ1n) is 7.65. The summed E-state index contributed by atoms with van der Waals surface area (Å²) in [5.41, 5.74) is 0.591. The van der Waals surface area contributed by atoms with E-state index in [1.165, 1.54) is 13.8 Å². The Bertz CT molecular complexity index is 897. The molecular formula is C17H14F5NO3S. The number of ether oxygens (including phenoxy) is 1. The predicted molar refractivity (Wildman–Crippen MR) is 87.5 cm³/mol. The number of aryl methyl sites for hydroxylation is 2. The number of Topliss-reactive ketones (excluding diaryl/α,β-unsaturated/α-hetero) is 1. The largest absolute Gasteiger partial charge is 0.462 e. The van der Waals surface area contributed by atoms with Crippen LogP contribution in [0.1, 0.15) is 39.0 Å². The molecule has 1 heterocycles. The van der Waals surface area contributed by atoms with E-state index >= 15 is 0 Å². The Morgan fingerprint density at radius 1 is 0.889 bits per heavy atom. The van der Waals surface area contributed by atoms with Gasteiger partial charge in [-0.25, -0.2) is 26.7 Å². The van der Waals surface area contributed by atoms with Crippen molar-refractivity contribution in [3.8, 4) is 0 Å². The monoisotopic (exact) mass is 407 g/mol. The summed E-state index contributed by atoms with van der Waals surface area (Å²) in [4.78, 5) is 26.2. The fourth-order valence-electron chi connectivity index (χ4n) is 2.51. The number of nitrogens with one attached hydrogen (secondary N) is 1. The molecule has 0 saturated carbocycles. The molecule has 4 nitrogen and oxygen atoms in total. The smallest absolute Gasteiger partial charge is 0.340 e. The van der Waals surface area contributed by atoms with E-state index < -0.39 is 51.5 Å². The lowest BCUT2D eigenvalue weighted by molar-refractivity contribution is 0.0522. The summed E-state index contributed by atoms with van der Waals surface area (Å²) < 4.78 is 71.9. The molecule has 0 radical (unpaired) electrons. The van der Waals surface area contributed by atoms with Crippen molar-refractivity contribution in [1.29, 1.82) is 0 Å². The predicted octanol–water partition coefficient (Wildman–Crippen LogP) is 4.48. The van der Waals surface area contributed by atoms with E-state index in [2.05, 4.69) is 4.98 Å². The maximum Gasteiger partial charge on any atom is 0.340 e. The highest BCUT2D eigenvalue weighted by Crippen LogP contribution is 2.32. The zero-order valence-electron chi connectivity index (χ0n) is 14.4. The van der Waals surface area contributed by atoms with Crippen molar-refractivity contribution in [2.45, 2.75) is 25.7 Å². The minimum Gasteiger partial charge on any atom is -0.462 e. The van der Waals surface area contributed by atoms with Crippen LogP contribution in [0.5, 0.6) is 0 Å². The van der Waals surface area contributed by atoms with Crippen LogP contribution in [0.3, 0.4) is 0 Å². The van der Waals surface area contributed by atoms with Crippen LogP contribution in [0, 0.1) is 42.9 Å². The summed E-state index contributed by atoms with van der Waals surface area (Å²) in [6.45, 7) is 4.68. The highest BCUT2D eigenvalue weighted by atomic mass is 32.2. The van der Waals surface area contributed by atoms with Gasteiger partial charge in [0.1, 0.15) is 0 Å². The van der Waals surface area contributed by atoms with Crippen LogP contribution in [-0.2, 0) is 4.74 Å². The van der Waals surface area contributed by atoms with Gasteiger partial charge in [0, 0.05) is 11.4 Å². The van der Waals surface area contributed by atoms with Crippen LogP contribution >= 0.6 is 11.8 Å². The average molecular weight is 407 g/mol. The molecule has 1 N–H and O–H groups in total. The van der Waals surface area contributed by atoms with E-state index in [-0.39, 0.29) is 29.5 Å². The summed E-state index contributed by atoms with van der Waals surface area (Å²) in [5.74, 6) is -12.6. The minimum absolute atomic E-state index is 0.0302. The van der Waals surface area contributed by atoms with E-state index in [9.17, 15) is 31.5 Å². The van der Waals surface area contributed by atoms with E-state index in [0.29, 0.717) is 11.4 Å². The number of aromatic nitrogens is 1. The summed E-state index contributed by atoms with van der Waals surface area (Å²) in [7, 11) is 0. The molecule has 0 spiro atoms. The molecule has 1 aromatic heterocycles. The third-order valence-electron chi connectivity index (χ3n) is 3.65. The van der Waals surface area contributed by atoms with E-state index in [4.69, 9.17) is 4.74 Å². The number of H-pyrrole nitrogens is 1. The quantitative estimate of drug-likeness (QED) is 0.192. The Hall–Kier alpha value is -2.36. The number of rotatable bonds is 6. The van der Waals surface area contributed by atoms with Gasteiger partial charge in [0.2, 0.25) is 5.82 Å². The lowest BCUT2D eigenvalue weighted by atomic mass is 10.1. The first-order chi connectivity index (χ1) is 12.6. The van der Waals surface area contributed by atoms with E-state index in [1.54, 1.807) is 6.92 Å². The number of hydrogen-bond acceptors (Lipinski definition) is 4. The molecule has 2 rings (SSSR count). The molecule has 0 aliphatic heterocycles. The second kappa shape index (κ2) is 8.12. The van der Waals surface area contributed by atoms with E-state index in [0.717, 1.165) is 0 Å². The number of hydrogen-bond donors (Lipinski definition) is 1. The van der Waals surface area contributed by atoms with Gasteiger partial charge in [0.05, 0.1) is 28.4 Å². The minimum atomic E-state index is -2.28. The van der Waals surface area contributed by atoms with Gasteiger partial charge in [-0.2, -0.15) is 0 Å². The second-order valence-electron chi connectivity index (χ2n) is 5.46. The van der Waals surface area contributed by atoms with Crippen LogP contribution in [0.15, 0.2) is 4.90 Å². The molecule has 0 fully saturated rings. The Kier molecular flexibility index (Phi) is 6.30. The van der Waals surface area contributed by atoms with Gasteiger partial charge in [0.15, 0.2) is 29.1 Å². The Morgan fingerprint density at radius 3 is 1.89 bits per heavy atom. The van der Waals surface area contributed by atoms with Crippen LogP contribution in [0.25, 0.3) is 0 Å². The van der Waals surface area contributed by atoms with Crippen molar-refractivity contribution in [2.24, 2.45) is 0 Å². The van der Waals surface area contributed by atoms with Crippen molar-refractivity contribution in [1.82, 2.24) is 4.98 Å². The highest BCUT2D eigenvalue weighted by molar-refractivity contribution is 8.00. The molecule has 0 aliphatic rings. The number of thioether (sulfide) groups is 1. The lowest BCUT2D eigenvalue weighted by Crippen LogP contribution is -2.13. The fraction of sp³-hybridized carbons (Fsp3) is 0.294. The topological polar surface area (TPSA) is 59.2 Å². The number of aromatic amines is 1. The van der Waals surface area contributed by atoms with Gasteiger partial charge in [-0.3, -0.25) is 4.79 Å². The molecule has 146 valence electrons. The molecule has 1 aromatic carbocycles. The normalized spacial score (nSPS) is 11.0. The number of ketones is 1. The first-order valence-corrected chi connectivity index (χ1v) is 8.64. The summed E-state index contributed by atoms with van der Waals surface area (Å²) in [6, 6.07) is 0. The van der Waals surface area contributed by atoms with Gasteiger partial charge in [-0.1, -0.05) is 0 Å². The van der Waals surface area contributed by atoms with Gasteiger partial charge in [-0.05, 0) is 20.8 Å². The van der Waals surface area contributed by atoms with Crippen molar-refractivity contribution in [3.63, 3.8) is 0 Å². The van der Waals surface area contributed by atoms with Crippen LogP contribution in [0.4, 0.5) is 22.0 Å². The summed E-state index contributed by atoms with van der Waals surface area (Å²) >= 11 is 0.153. The first kappa shape index (κ1) is 20.9. The average Bonchev–Trinajstić information content (AvgIpc) is 2.92. The number of benzene rings is 1. The van der Waals surface area contributed by atoms with Gasteiger partial charge >= 0.3 is 5.97 Å². The SMILES string of the molecule is CCOC(=O)c1c(C)[nH]c(C)c1C(=O)CSc1c(F)c(F)c(F)c(F)c1F. The third-order valence-corrected chi connectivity index (χ3v) is 4.70. The van der Waals surface area contributed by atoms with Crippen molar-refractivity contribution < 1.29 is 36.3 Å². The summed E-state index contributed by atoms with van der Waals surface area (Å²) in [6.07, 6.45) is 0. The Labute approximate surface area is 155 Å². The fourth-order valence-corrected chi connectivity index (χ4v) is 3.36. The second-order valence-corrected chi connectivity index (χ2v) is 6.44. The van der Waals surface area contributed by atoms with Crippen LogP contribution < -0.4 is 0 Å². The zero-order valence-corrected chi connectivity index (χ0v) is 15.3. The number of esters is 1. The lowest BCUT2D eigenvalue weighted by Gasteiger charge is -2.08. The molecule has 0 saturated heterocycles. The molecule has 2 aromatic rings. The van der Waals surface area contributed by atoms with Crippen molar-refractivity contribution >= 4 is 23.5 Å². The molecule has 0 unspecified atom stereocenters. The molecule has 27 heavy (non-hydrogen) atoms. The summed E-state index contributed by atoms with van der Waals surface area (Å²) in [5, 5.41) is 0. The number of carbonyl (C=O) groups excluding carboxylic acids is 2. The maximum atomic E-state index is 13.7. The Morgan fingerprint density at radius 2 is 1.37 bits per heavy atom. The zero-order chi connectivity index (χ0) is 20.5. The van der Waals surface area contributed by atoms with Crippen molar-refractivity contribution in [2.75, 3.05) is 12.4 Å². The standard InChI is InChI=1S/C17H14F5NO3S/c1-4-26-17(25)10-7(3)23-6(2)9(10)8(24)5-27-16-14(21)12(19)11(18)13(20)15(16)22/h23H,4-5H2,1-3H3. The van der Waals surface area contributed by atoms with Crippen LogP contribution in [0.2, 0.25) is 0 Å².